The maximum absolute atomic E-state index is 11.2. The van der Waals surface area contributed by atoms with E-state index < -0.39 is 10.0 Å². The molecule has 1 atom stereocenters. The molecule has 5 nitrogen and oxygen atoms in total. The molecule has 78 valence electrons. The maximum atomic E-state index is 11.2. The third kappa shape index (κ3) is 1.80. The Morgan fingerprint density at radius 3 is 2.79 bits per heavy atom. The highest BCUT2D eigenvalue weighted by Crippen LogP contribution is 2.22. The van der Waals surface area contributed by atoms with Crippen molar-refractivity contribution in [3.63, 3.8) is 0 Å². The number of rotatable bonds is 2. The van der Waals surface area contributed by atoms with Crippen LogP contribution in [0.2, 0.25) is 0 Å². The fourth-order valence-corrected chi connectivity index (χ4v) is 2.60. The van der Waals surface area contributed by atoms with E-state index in [2.05, 4.69) is 5.10 Å². The Balaban J connectivity index is 2.10. The minimum absolute atomic E-state index is 0.194. The van der Waals surface area contributed by atoms with Crippen molar-refractivity contribution in [1.82, 2.24) is 14.1 Å². The molecule has 6 heteroatoms. The lowest BCUT2D eigenvalue weighted by molar-refractivity contribution is 0.437. The molecular weight excluding hydrogens is 202 g/mol. The lowest BCUT2D eigenvalue weighted by Gasteiger charge is -2.13. The van der Waals surface area contributed by atoms with Crippen molar-refractivity contribution in [2.24, 2.45) is 0 Å². The zero-order valence-electron chi connectivity index (χ0n) is 8.00. The Bertz CT molecular complexity index is 398. The van der Waals surface area contributed by atoms with E-state index in [-0.39, 0.29) is 6.04 Å². The zero-order chi connectivity index (χ0) is 10.2. The van der Waals surface area contributed by atoms with Crippen molar-refractivity contribution in [1.29, 1.82) is 0 Å². The van der Waals surface area contributed by atoms with Crippen LogP contribution in [-0.2, 0) is 10.0 Å². The molecule has 0 aliphatic carbocycles. The van der Waals surface area contributed by atoms with E-state index in [4.69, 9.17) is 0 Å². The van der Waals surface area contributed by atoms with Gasteiger partial charge in [0.1, 0.15) is 0 Å². The van der Waals surface area contributed by atoms with E-state index in [9.17, 15) is 8.42 Å². The minimum Gasteiger partial charge on any atom is -0.268 e. The first-order valence-corrected chi connectivity index (χ1v) is 6.36. The van der Waals surface area contributed by atoms with Crippen LogP contribution in [0.1, 0.15) is 12.5 Å². The van der Waals surface area contributed by atoms with Gasteiger partial charge in [-0.05, 0) is 12.5 Å². The van der Waals surface area contributed by atoms with Gasteiger partial charge >= 0.3 is 0 Å². The molecule has 1 aliphatic heterocycles. The van der Waals surface area contributed by atoms with Crippen LogP contribution in [0.3, 0.4) is 0 Å². The van der Waals surface area contributed by atoms with Crippen LogP contribution in [0.4, 0.5) is 0 Å². The third-order valence-electron chi connectivity index (χ3n) is 2.49. The second-order valence-corrected chi connectivity index (χ2v) is 5.53. The average Bonchev–Trinajstić information content (AvgIpc) is 2.73. The molecular formula is C8H13N3O2S. The zero-order valence-corrected chi connectivity index (χ0v) is 8.81. The molecule has 2 heterocycles. The Morgan fingerprint density at radius 2 is 2.29 bits per heavy atom. The lowest BCUT2D eigenvalue weighted by atomic mass is 10.3. The molecule has 1 aromatic rings. The van der Waals surface area contributed by atoms with Crippen molar-refractivity contribution in [3.8, 4) is 0 Å². The summed E-state index contributed by atoms with van der Waals surface area (Å²) in [6, 6.07) is 2.04. The minimum atomic E-state index is -3.03. The van der Waals surface area contributed by atoms with Crippen LogP contribution in [-0.4, -0.2) is 41.8 Å². The Morgan fingerprint density at radius 1 is 1.50 bits per heavy atom. The van der Waals surface area contributed by atoms with Crippen molar-refractivity contribution < 1.29 is 8.42 Å². The normalized spacial score (nSPS) is 24.2. The van der Waals surface area contributed by atoms with Crippen LogP contribution in [0.5, 0.6) is 0 Å². The van der Waals surface area contributed by atoms with E-state index >= 15 is 0 Å². The number of sulfonamides is 1. The Hall–Kier alpha value is -0.880. The van der Waals surface area contributed by atoms with Crippen molar-refractivity contribution >= 4 is 10.0 Å². The van der Waals surface area contributed by atoms with Crippen LogP contribution >= 0.6 is 0 Å². The van der Waals surface area contributed by atoms with Gasteiger partial charge in [0.15, 0.2) is 0 Å². The largest absolute Gasteiger partial charge is 0.268 e. The van der Waals surface area contributed by atoms with Crippen molar-refractivity contribution in [2.75, 3.05) is 19.3 Å². The summed E-state index contributed by atoms with van der Waals surface area (Å²) in [6.45, 7) is 1.14. The smallest absolute Gasteiger partial charge is 0.211 e. The molecule has 0 N–H and O–H groups in total. The van der Waals surface area contributed by atoms with Gasteiger partial charge in [-0.2, -0.15) is 9.40 Å². The van der Waals surface area contributed by atoms with E-state index in [0.29, 0.717) is 13.1 Å². The number of aromatic nitrogens is 2. The molecule has 0 bridgehead atoms. The first-order valence-electron chi connectivity index (χ1n) is 4.51. The average molecular weight is 215 g/mol. The number of hydrogen-bond donors (Lipinski definition) is 0. The molecule has 1 aromatic heterocycles. The quantitative estimate of drug-likeness (QED) is 0.702. The van der Waals surface area contributed by atoms with E-state index in [1.54, 1.807) is 6.20 Å². The number of hydrogen-bond acceptors (Lipinski definition) is 3. The van der Waals surface area contributed by atoms with Gasteiger partial charge in [-0.1, -0.05) is 0 Å². The van der Waals surface area contributed by atoms with Crippen molar-refractivity contribution in [3.05, 3.63) is 18.5 Å². The molecule has 2 rings (SSSR count). The van der Waals surface area contributed by atoms with E-state index in [0.717, 1.165) is 6.42 Å². The summed E-state index contributed by atoms with van der Waals surface area (Å²) in [5, 5.41) is 4.11. The predicted molar refractivity (Wildman–Crippen MR) is 52.3 cm³/mol. The van der Waals surface area contributed by atoms with Gasteiger partial charge in [-0.3, -0.25) is 4.68 Å². The molecule has 0 saturated carbocycles. The summed E-state index contributed by atoms with van der Waals surface area (Å²) in [7, 11) is -3.03. The highest BCUT2D eigenvalue weighted by molar-refractivity contribution is 7.88. The molecule has 1 unspecified atom stereocenters. The third-order valence-corrected chi connectivity index (χ3v) is 3.76. The van der Waals surface area contributed by atoms with Crippen LogP contribution in [0.15, 0.2) is 18.5 Å². The lowest BCUT2D eigenvalue weighted by Crippen LogP contribution is -2.28. The maximum Gasteiger partial charge on any atom is 0.211 e. The van der Waals surface area contributed by atoms with Gasteiger partial charge in [-0.25, -0.2) is 8.42 Å². The molecule has 1 saturated heterocycles. The molecule has 1 fully saturated rings. The molecule has 1 aliphatic rings. The summed E-state index contributed by atoms with van der Waals surface area (Å²) < 4.78 is 25.8. The monoisotopic (exact) mass is 215 g/mol. The van der Waals surface area contributed by atoms with Crippen LogP contribution < -0.4 is 0 Å². The molecule has 0 aromatic carbocycles. The van der Waals surface area contributed by atoms with Gasteiger partial charge in [-0.15, -0.1) is 0 Å². The molecule has 0 amide bonds. The van der Waals surface area contributed by atoms with Crippen LogP contribution in [0, 0.1) is 0 Å². The summed E-state index contributed by atoms with van der Waals surface area (Å²) in [6.07, 6.45) is 5.67. The SMILES string of the molecule is CS(=O)(=O)N1CCC(n2cccn2)C1. The topological polar surface area (TPSA) is 55.2 Å². The van der Waals surface area contributed by atoms with E-state index in [1.807, 2.05) is 16.9 Å². The fraction of sp³-hybridized carbons (Fsp3) is 0.625. The molecule has 14 heavy (non-hydrogen) atoms. The summed E-state index contributed by atoms with van der Waals surface area (Å²) in [5.74, 6) is 0. The van der Waals surface area contributed by atoms with Crippen molar-refractivity contribution in [2.45, 2.75) is 12.5 Å². The Kier molecular flexibility index (Phi) is 2.32. The predicted octanol–water partition coefficient (Wildman–Crippen LogP) is 0.0895. The molecule has 0 spiro atoms. The second-order valence-electron chi connectivity index (χ2n) is 3.55. The van der Waals surface area contributed by atoms with Gasteiger partial charge in [0.2, 0.25) is 10.0 Å². The highest BCUT2D eigenvalue weighted by Gasteiger charge is 2.29. The Labute approximate surface area is 83.4 Å². The first-order chi connectivity index (χ1) is 6.57. The van der Waals surface area contributed by atoms with Gasteiger partial charge in [0, 0.05) is 25.5 Å². The summed E-state index contributed by atoms with van der Waals surface area (Å²) in [4.78, 5) is 0. The summed E-state index contributed by atoms with van der Waals surface area (Å²) >= 11 is 0. The van der Waals surface area contributed by atoms with Gasteiger partial charge in [0.25, 0.3) is 0 Å². The standard InChI is InChI=1S/C8H13N3O2S/c1-14(12,13)10-6-3-8(7-10)11-5-2-4-9-11/h2,4-5,8H,3,6-7H2,1H3. The number of nitrogens with zero attached hydrogens (tertiary/aromatic N) is 3. The second kappa shape index (κ2) is 3.36. The fourth-order valence-electron chi connectivity index (χ4n) is 1.72. The molecule has 0 radical (unpaired) electrons. The van der Waals surface area contributed by atoms with Gasteiger partial charge in [0.05, 0.1) is 12.3 Å². The highest BCUT2D eigenvalue weighted by atomic mass is 32.2. The van der Waals surface area contributed by atoms with Crippen LogP contribution in [0.25, 0.3) is 0 Å². The summed E-state index contributed by atoms with van der Waals surface area (Å²) in [5.41, 5.74) is 0. The van der Waals surface area contributed by atoms with E-state index in [1.165, 1.54) is 10.6 Å². The first kappa shape index (κ1) is 9.67. The van der Waals surface area contributed by atoms with Gasteiger partial charge < -0.3 is 0 Å².